The largest absolute Gasteiger partial charge is 0.342 e. The number of likely N-dealkylation sites (tertiary alicyclic amines) is 1. The highest BCUT2D eigenvalue weighted by molar-refractivity contribution is 6.00. The van der Waals surface area contributed by atoms with E-state index in [1.807, 2.05) is 42.2 Å². The molecule has 0 saturated carbocycles. The molecule has 4 rings (SSSR count). The summed E-state index contributed by atoms with van der Waals surface area (Å²) in [4.78, 5) is 29.2. The number of rotatable bonds is 4. The Bertz CT molecular complexity index is 823. The van der Waals surface area contributed by atoms with Crippen LogP contribution in [-0.4, -0.2) is 36.3 Å². The van der Waals surface area contributed by atoms with Gasteiger partial charge in [-0.25, -0.2) is 0 Å². The van der Waals surface area contributed by atoms with E-state index in [1.54, 1.807) is 4.90 Å². The van der Waals surface area contributed by atoms with Crippen LogP contribution in [0.15, 0.2) is 54.6 Å². The average molecular weight is 377 g/mol. The maximum absolute atomic E-state index is 13.0. The molecule has 4 nitrogen and oxygen atoms in total. The van der Waals surface area contributed by atoms with E-state index in [4.69, 9.17) is 0 Å². The third kappa shape index (κ3) is 4.11. The summed E-state index contributed by atoms with van der Waals surface area (Å²) >= 11 is 0. The molecule has 2 saturated heterocycles. The third-order valence-electron chi connectivity index (χ3n) is 6.11. The van der Waals surface area contributed by atoms with Gasteiger partial charge in [-0.3, -0.25) is 9.59 Å². The number of amides is 2. The first-order valence-corrected chi connectivity index (χ1v) is 10.3. The predicted octanol–water partition coefficient (Wildman–Crippen LogP) is 3.83. The molecule has 2 fully saturated rings. The van der Waals surface area contributed by atoms with E-state index >= 15 is 0 Å². The number of hydrogen-bond donors (Lipinski definition) is 0. The predicted molar refractivity (Wildman–Crippen MR) is 111 cm³/mol. The van der Waals surface area contributed by atoms with Crippen molar-refractivity contribution in [1.82, 2.24) is 4.90 Å². The second kappa shape index (κ2) is 8.17. The average Bonchev–Trinajstić information content (AvgIpc) is 3.11. The number of anilines is 1. The van der Waals surface area contributed by atoms with Gasteiger partial charge >= 0.3 is 0 Å². The van der Waals surface area contributed by atoms with Crippen molar-refractivity contribution in [3.05, 3.63) is 65.7 Å². The first kappa shape index (κ1) is 18.7. The minimum absolute atomic E-state index is 0.0566. The monoisotopic (exact) mass is 376 g/mol. The zero-order valence-electron chi connectivity index (χ0n) is 16.5. The van der Waals surface area contributed by atoms with Crippen LogP contribution in [0.1, 0.15) is 30.4 Å². The van der Waals surface area contributed by atoms with Crippen LogP contribution in [-0.2, 0) is 16.0 Å². The maximum Gasteiger partial charge on any atom is 0.228 e. The van der Waals surface area contributed by atoms with Crippen LogP contribution in [0.3, 0.4) is 0 Å². The van der Waals surface area contributed by atoms with E-state index in [1.165, 1.54) is 11.1 Å². The molecule has 0 spiro atoms. The molecule has 2 aromatic rings. The third-order valence-corrected chi connectivity index (χ3v) is 6.11. The molecule has 0 aromatic heterocycles. The Morgan fingerprint density at radius 2 is 1.68 bits per heavy atom. The molecular formula is C24H28N2O2. The van der Waals surface area contributed by atoms with Crippen molar-refractivity contribution < 1.29 is 9.59 Å². The van der Waals surface area contributed by atoms with Crippen molar-refractivity contribution in [2.24, 2.45) is 11.8 Å². The minimum atomic E-state index is -0.209. The van der Waals surface area contributed by atoms with Crippen LogP contribution < -0.4 is 4.90 Å². The molecule has 2 heterocycles. The van der Waals surface area contributed by atoms with Gasteiger partial charge in [-0.15, -0.1) is 0 Å². The van der Waals surface area contributed by atoms with Crippen molar-refractivity contribution in [3.8, 4) is 0 Å². The number of hydrogen-bond acceptors (Lipinski definition) is 2. The summed E-state index contributed by atoms with van der Waals surface area (Å²) in [6.45, 7) is 4.16. The Kier molecular flexibility index (Phi) is 5.47. The van der Waals surface area contributed by atoms with Gasteiger partial charge in [0.05, 0.1) is 5.92 Å². The quantitative estimate of drug-likeness (QED) is 0.814. The van der Waals surface area contributed by atoms with Gasteiger partial charge in [0.15, 0.2) is 0 Å². The van der Waals surface area contributed by atoms with Crippen molar-refractivity contribution in [2.45, 2.75) is 32.6 Å². The zero-order chi connectivity index (χ0) is 19.5. The Hall–Kier alpha value is -2.62. The molecule has 2 aliphatic rings. The second-order valence-corrected chi connectivity index (χ2v) is 8.20. The van der Waals surface area contributed by atoms with E-state index in [-0.39, 0.29) is 17.7 Å². The summed E-state index contributed by atoms with van der Waals surface area (Å²) in [5.41, 5.74) is 3.44. The zero-order valence-corrected chi connectivity index (χ0v) is 16.5. The number of benzene rings is 2. The SMILES string of the molecule is Cc1ccc(N2CC(C(=O)N3CCC(Cc4ccccc4)CC3)CC2=O)cc1. The summed E-state index contributed by atoms with van der Waals surface area (Å²) in [6.07, 6.45) is 3.51. The highest BCUT2D eigenvalue weighted by Gasteiger charge is 2.38. The fourth-order valence-electron chi connectivity index (χ4n) is 4.41. The Balaban J connectivity index is 1.32. The first-order valence-electron chi connectivity index (χ1n) is 10.3. The highest BCUT2D eigenvalue weighted by Crippen LogP contribution is 2.29. The minimum Gasteiger partial charge on any atom is -0.342 e. The number of carbonyl (C=O) groups excluding carboxylic acids is 2. The summed E-state index contributed by atoms with van der Waals surface area (Å²) < 4.78 is 0. The molecule has 1 unspecified atom stereocenters. The normalized spacial score (nSPS) is 20.6. The van der Waals surface area contributed by atoms with Gasteiger partial charge in [0, 0.05) is 31.7 Å². The fourth-order valence-corrected chi connectivity index (χ4v) is 4.41. The van der Waals surface area contributed by atoms with E-state index in [9.17, 15) is 9.59 Å². The summed E-state index contributed by atoms with van der Waals surface area (Å²) in [7, 11) is 0. The van der Waals surface area contributed by atoms with Gasteiger partial charge in [-0.1, -0.05) is 48.0 Å². The smallest absolute Gasteiger partial charge is 0.228 e. The van der Waals surface area contributed by atoms with Gasteiger partial charge in [-0.05, 0) is 49.8 Å². The van der Waals surface area contributed by atoms with Crippen molar-refractivity contribution >= 4 is 17.5 Å². The van der Waals surface area contributed by atoms with Gasteiger partial charge in [0.2, 0.25) is 11.8 Å². The molecular weight excluding hydrogens is 348 g/mol. The molecule has 0 radical (unpaired) electrons. The van der Waals surface area contributed by atoms with Gasteiger partial charge in [-0.2, -0.15) is 0 Å². The lowest BCUT2D eigenvalue weighted by molar-refractivity contribution is -0.137. The van der Waals surface area contributed by atoms with Crippen LogP contribution in [0.5, 0.6) is 0 Å². The molecule has 0 aliphatic carbocycles. The number of carbonyl (C=O) groups is 2. The maximum atomic E-state index is 13.0. The van der Waals surface area contributed by atoms with E-state index in [0.29, 0.717) is 18.9 Å². The Morgan fingerprint density at radius 1 is 1.00 bits per heavy atom. The van der Waals surface area contributed by atoms with Gasteiger partial charge in [0.1, 0.15) is 0 Å². The topological polar surface area (TPSA) is 40.6 Å². The molecule has 2 aromatic carbocycles. The molecule has 0 bridgehead atoms. The van der Waals surface area contributed by atoms with E-state index in [2.05, 4.69) is 24.3 Å². The lowest BCUT2D eigenvalue weighted by Gasteiger charge is -2.33. The molecule has 28 heavy (non-hydrogen) atoms. The van der Waals surface area contributed by atoms with Crippen LogP contribution in [0, 0.1) is 18.8 Å². The first-order chi connectivity index (χ1) is 13.6. The number of piperidine rings is 1. The molecule has 1 atom stereocenters. The Morgan fingerprint density at radius 3 is 2.36 bits per heavy atom. The molecule has 2 amide bonds. The van der Waals surface area contributed by atoms with Crippen LogP contribution in [0.2, 0.25) is 0 Å². The lowest BCUT2D eigenvalue weighted by atomic mass is 9.89. The molecule has 0 N–H and O–H groups in total. The lowest BCUT2D eigenvalue weighted by Crippen LogP contribution is -2.42. The molecule has 2 aliphatic heterocycles. The van der Waals surface area contributed by atoms with Gasteiger partial charge < -0.3 is 9.80 Å². The Labute approximate surface area is 167 Å². The van der Waals surface area contributed by atoms with Crippen molar-refractivity contribution in [1.29, 1.82) is 0 Å². The van der Waals surface area contributed by atoms with Crippen LogP contribution in [0.4, 0.5) is 5.69 Å². The molecule has 4 heteroatoms. The standard InChI is InChI=1S/C24H28N2O2/c1-18-7-9-22(10-8-18)26-17-21(16-23(26)27)24(28)25-13-11-20(12-14-25)15-19-5-3-2-4-6-19/h2-10,20-21H,11-17H2,1H3. The van der Waals surface area contributed by atoms with Crippen molar-refractivity contribution in [3.63, 3.8) is 0 Å². The number of nitrogens with zero attached hydrogens (tertiary/aromatic N) is 2. The fraction of sp³-hybridized carbons (Fsp3) is 0.417. The van der Waals surface area contributed by atoms with Crippen molar-refractivity contribution in [2.75, 3.05) is 24.5 Å². The summed E-state index contributed by atoms with van der Waals surface area (Å²) in [5.74, 6) is 0.641. The van der Waals surface area contributed by atoms with E-state index in [0.717, 1.165) is 38.0 Å². The summed E-state index contributed by atoms with van der Waals surface area (Å²) in [5, 5.41) is 0. The number of aryl methyl sites for hydroxylation is 1. The summed E-state index contributed by atoms with van der Waals surface area (Å²) in [6, 6.07) is 18.5. The second-order valence-electron chi connectivity index (χ2n) is 8.20. The highest BCUT2D eigenvalue weighted by atomic mass is 16.2. The van der Waals surface area contributed by atoms with Crippen LogP contribution >= 0.6 is 0 Å². The molecule has 146 valence electrons. The van der Waals surface area contributed by atoms with Crippen LogP contribution in [0.25, 0.3) is 0 Å². The van der Waals surface area contributed by atoms with E-state index < -0.39 is 0 Å². The van der Waals surface area contributed by atoms with Gasteiger partial charge in [0.25, 0.3) is 0 Å².